The molecule has 1 heterocycles. The quantitative estimate of drug-likeness (QED) is 0.811. The van der Waals surface area contributed by atoms with Gasteiger partial charge in [-0.1, -0.05) is 6.07 Å². The van der Waals surface area contributed by atoms with Crippen LogP contribution in [0.25, 0.3) is 0 Å². The minimum absolute atomic E-state index is 0.202. The Balaban J connectivity index is 2.13. The third-order valence-electron chi connectivity index (χ3n) is 4.31. The van der Waals surface area contributed by atoms with Gasteiger partial charge in [-0.2, -0.15) is 0 Å². The van der Waals surface area contributed by atoms with Crippen molar-refractivity contribution < 1.29 is 8.42 Å². The van der Waals surface area contributed by atoms with E-state index in [0.29, 0.717) is 12.2 Å². The monoisotopic (exact) mass is 311 g/mol. The summed E-state index contributed by atoms with van der Waals surface area (Å²) in [5.41, 5.74) is 7.83. The van der Waals surface area contributed by atoms with E-state index in [0.717, 1.165) is 24.2 Å². The molecule has 0 spiro atoms. The van der Waals surface area contributed by atoms with Gasteiger partial charge in [-0.25, -0.2) is 13.1 Å². The van der Waals surface area contributed by atoms with Gasteiger partial charge in [0.1, 0.15) is 4.90 Å². The van der Waals surface area contributed by atoms with Crippen molar-refractivity contribution in [1.82, 2.24) is 9.62 Å². The van der Waals surface area contributed by atoms with Gasteiger partial charge >= 0.3 is 0 Å². The molecule has 0 amide bonds. The maximum Gasteiger partial charge on any atom is 0.242 e. The van der Waals surface area contributed by atoms with E-state index in [-0.39, 0.29) is 10.9 Å². The lowest BCUT2D eigenvalue weighted by Gasteiger charge is -2.24. The molecule has 0 aliphatic carbocycles. The summed E-state index contributed by atoms with van der Waals surface area (Å²) in [6.07, 6.45) is 2.39. The van der Waals surface area contributed by atoms with Crippen molar-refractivity contribution >= 4 is 15.7 Å². The first-order valence-corrected chi connectivity index (χ1v) is 8.90. The van der Waals surface area contributed by atoms with E-state index < -0.39 is 10.0 Å². The van der Waals surface area contributed by atoms with Gasteiger partial charge in [-0.05, 0) is 63.9 Å². The number of anilines is 1. The molecule has 1 aromatic carbocycles. The molecule has 1 aromatic rings. The largest absolute Gasteiger partial charge is 0.398 e. The van der Waals surface area contributed by atoms with Crippen molar-refractivity contribution in [3.05, 3.63) is 23.3 Å². The average Bonchev–Trinajstić information content (AvgIpc) is 2.95. The van der Waals surface area contributed by atoms with Crippen molar-refractivity contribution in [3.63, 3.8) is 0 Å². The number of hydrogen-bond acceptors (Lipinski definition) is 4. The molecule has 3 N–H and O–H groups in total. The third-order valence-corrected chi connectivity index (χ3v) is 5.93. The molecular weight excluding hydrogens is 286 g/mol. The molecule has 21 heavy (non-hydrogen) atoms. The number of nitrogens with zero attached hydrogens (tertiary/aromatic N) is 1. The summed E-state index contributed by atoms with van der Waals surface area (Å²) in [6.45, 7) is 8.25. The molecule has 1 unspecified atom stereocenters. The van der Waals surface area contributed by atoms with Gasteiger partial charge < -0.3 is 5.73 Å². The molecule has 0 radical (unpaired) electrons. The normalized spacial score (nSPS) is 18.0. The highest BCUT2D eigenvalue weighted by Gasteiger charge is 2.24. The van der Waals surface area contributed by atoms with E-state index in [9.17, 15) is 8.42 Å². The smallest absolute Gasteiger partial charge is 0.242 e. The molecule has 0 bridgehead atoms. The Morgan fingerprint density at radius 2 is 1.90 bits per heavy atom. The minimum atomic E-state index is -3.57. The van der Waals surface area contributed by atoms with Crippen molar-refractivity contribution in [2.45, 2.75) is 44.6 Å². The number of nitrogens with two attached hydrogens (primary N) is 1. The van der Waals surface area contributed by atoms with Gasteiger partial charge in [-0.3, -0.25) is 4.90 Å². The molecule has 0 saturated carbocycles. The second-order valence-corrected chi connectivity index (χ2v) is 7.57. The lowest BCUT2D eigenvalue weighted by Crippen LogP contribution is -2.40. The zero-order valence-electron chi connectivity index (χ0n) is 13.0. The molecule has 1 aliphatic heterocycles. The molecule has 1 aliphatic rings. The predicted molar refractivity (Wildman–Crippen MR) is 85.8 cm³/mol. The summed E-state index contributed by atoms with van der Waals surface area (Å²) in [4.78, 5) is 2.53. The number of sulfonamides is 1. The standard InChI is InChI=1S/C15H25N3O2S/c1-11-6-7-14(16)15(13(11)3)21(19,20)17-10-12(2)18-8-4-5-9-18/h6-7,12,17H,4-5,8-10,16H2,1-3H3. The Bertz CT molecular complexity index is 608. The lowest BCUT2D eigenvalue weighted by atomic mass is 10.1. The van der Waals surface area contributed by atoms with Crippen molar-refractivity contribution in [1.29, 1.82) is 0 Å². The Morgan fingerprint density at radius 1 is 1.29 bits per heavy atom. The fourth-order valence-electron chi connectivity index (χ4n) is 2.78. The number of likely N-dealkylation sites (tertiary alicyclic amines) is 1. The molecule has 0 aromatic heterocycles. The van der Waals surface area contributed by atoms with Gasteiger partial charge in [0.25, 0.3) is 0 Å². The van der Waals surface area contributed by atoms with E-state index in [4.69, 9.17) is 5.73 Å². The fraction of sp³-hybridized carbons (Fsp3) is 0.600. The predicted octanol–water partition coefficient (Wildman–Crippen LogP) is 1.65. The third kappa shape index (κ3) is 3.56. The summed E-state index contributed by atoms with van der Waals surface area (Å²) >= 11 is 0. The zero-order chi connectivity index (χ0) is 15.6. The van der Waals surface area contributed by atoms with Crippen LogP contribution in [0.4, 0.5) is 5.69 Å². The van der Waals surface area contributed by atoms with Gasteiger partial charge in [0.15, 0.2) is 0 Å². The highest BCUT2D eigenvalue weighted by molar-refractivity contribution is 7.89. The minimum Gasteiger partial charge on any atom is -0.398 e. The molecule has 118 valence electrons. The maximum absolute atomic E-state index is 12.5. The van der Waals surface area contributed by atoms with Gasteiger partial charge in [0, 0.05) is 12.6 Å². The first kappa shape index (κ1) is 16.3. The topological polar surface area (TPSA) is 75.4 Å². The highest BCUT2D eigenvalue weighted by Crippen LogP contribution is 2.25. The second kappa shape index (κ2) is 6.34. The van der Waals surface area contributed by atoms with Crippen LogP contribution < -0.4 is 10.5 Å². The summed E-state index contributed by atoms with van der Waals surface area (Å²) in [5.74, 6) is 0. The van der Waals surface area contributed by atoms with Crippen molar-refractivity contribution in [2.75, 3.05) is 25.4 Å². The number of rotatable bonds is 5. The van der Waals surface area contributed by atoms with Crippen LogP contribution in [0, 0.1) is 13.8 Å². The summed E-state index contributed by atoms with van der Waals surface area (Å²) in [5, 5.41) is 0. The van der Waals surface area contributed by atoms with Crippen LogP contribution in [0.5, 0.6) is 0 Å². The number of aryl methyl sites for hydroxylation is 1. The Kier molecular flexibility index (Phi) is 4.91. The van der Waals surface area contributed by atoms with Crippen molar-refractivity contribution in [2.24, 2.45) is 0 Å². The van der Waals surface area contributed by atoms with Gasteiger partial charge in [0.05, 0.1) is 5.69 Å². The first-order valence-electron chi connectivity index (χ1n) is 7.42. The Labute approximate surface area is 127 Å². The molecule has 1 saturated heterocycles. The molecule has 6 heteroatoms. The number of hydrogen-bond donors (Lipinski definition) is 2. The van der Waals surface area contributed by atoms with Crippen LogP contribution in [0.3, 0.4) is 0 Å². The highest BCUT2D eigenvalue weighted by atomic mass is 32.2. The van der Waals surface area contributed by atoms with E-state index in [2.05, 4.69) is 16.5 Å². The second-order valence-electron chi connectivity index (χ2n) is 5.87. The van der Waals surface area contributed by atoms with Crippen LogP contribution in [0.1, 0.15) is 30.9 Å². The van der Waals surface area contributed by atoms with Gasteiger partial charge in [-0.15, -0.1) is 0 Å². The fourth-order valence-corrected chi connectivity index (χ4v) is 4.33. The van der Waals surface area contributed by atoms with E-state index >= 15 is 0 Å². The average molecular weight is 311 g/mol. The number of nitrogens with one attached hydrogen (secondary N) is 1. The van der Waals surface area contributed by atoms with Gasteiger partial charge in [0.2, 0.25) is 10.0 Å². The summed E-state index contributed by atoms with van der Waals surface area (Å²) in [6, 6.07) is 3.70. The van der Waals surface area contributed by atoms with E-state index in [1.807, 2.05) is 13.0 Å². The molecule has 1 fully saturated rings. The molecule has 2 rings (SSSR count). The maximum atomic E-state index is 12.5. The van der Waals surface area contributed by atoms with Crippen LogP contribution in [0.2, 0.25) is 0 Å². The number of nitrogen functional groups attached to an aromatic ring is 1. The molecular formula is C15H25N3O2S. The SMILES string of the molecule is Cc1ccc(N)c(S(=O)(=O)NCC(C)N2CCCC2)c1C. The van der Waals surface area contributed by atoms with Crippen LogP contribution in [-0.2, 0) is 10.0 Å². The zero-order valence-corrected chi connectivity index (χ0v) is 13.8. The van der Waals surface area contributed by atoms with Crippen LogP contribution in [0.15, 0.2) is 17.0 Å². The van der Waals surface area contributed by atoms with E-state index in [1.54, 1.807) is 13.0 Å². The Morgan fingerprint density at radius 3 is 2.52 bits per heavy atom. The van der Waals surface area contributed by atoms with E-state index in [1.165, 1.54) is 12.8 Å². The van der Waals surface area contributed by atoms with Crippen molar-refractivity contribution in [3.8, 4) is 0 Å². The Hall–Kier alpha value is -1.11. The first-order chi connectivity index (χ1) is 9.83. The molecule has 5 nitrogen and oxygen atoms in total. The number of benzene rings is 1. The lowest BCUT2D eigenvalue weighted by molar-refractivity contribution is 0.260. The summed E-state index contributed by atoms with van der Waals surface area (Å²) in [7, 11) is -3.57. The molecule has 1 atom stereocenters. The van der Waals surface area contributed by atoms with Crippen LogP contribution in [-0.4, -0.2) is 39.0 Å². The summed E-state index contributed by atoms with van der Waals surface area (Å²) < 4.78 is 27.8. The van der Waals surface area contributed by atoms with Crippen LogP contribution >= 0.6 is 0 Å².